The van der Waals surface area contributed by atoms with Gasteiger partial charge in [0.2, 0.25) is 15.9 Å². The van der Waals surface area contributed by atoms with Gasteiger partial charge >= 0.3 is 0 Å². The van der Waals surface area contributed by atoms with Crippen LogP contribution in [-0.4, -0.2) is 64.0 Å². The van der Waals surface area contributed by atoms with E-state index in [0.29, 0.717) is 43.3 Å². The molecule has 158 valence electrons. The lowest BCUT2D eigenvalue weighted by Gasteiger charge is -2.25. The maximum atomic E-state index is 13.1. The summed E-state index contributed by atoms with van der Waals surface area (Å²) in [4.78, 5) is 19.3. The number of carbonyl (C=O) groups is 1. The molecule has 1 saturated heterocycles. The van der Waals surface area contributed by atoms with Crippen molar-refractivity contribution in [2.24, 2.45) is 13.0 Å². The van der Waals surface area contributed by atoms with Crippen LogP contribution in [-0.2, 0) is 22.5 Å². The lowest BCUT2D eigenvalue weighted by atomic mass is 9.80. The minimum atomic E-state index is -3.32. The van der Waals surface area contributed by atoms with E-state index in [2.05, 4.69) is 20.0 Å². The Hall–Kier alpha value is -2.27. The average molecular weight is 423 g/mol. The molecule has 3 heterocycles. The largest absolute Gasteiger partial charge is 0.339 e. The molecule has 4 rings (SSSR count). The van der Waals surface area contributed by atoms with Gasteiger partial charge in [-0.15, -0.1) is 0 Å². The third-order valence-corrected chi connectivity index (χ3v) is 7.63. The lowest BCUT2D eigenvalue weighted by molar-refractivity contribution is 0.0766. The second kappa shape index (κ2) is 6.91. The van der Waals surface area contributed by atoms with Gasteiger partial charge in [-0.05, 0) is 45.6 Å². The Bertz CT molecular complexity index is 1030. The van der Waals surface area contributed by atoms with Crippen LogP contribution in [0.3, 0.4) is 0 Å². The lowest BCUT2D eigenvalue weighted by Crippen LogP contribution is -2.40. The fraction of sp³-hybridized carbons (Fsp3) is 0.667. The Morgan fingerprint density at radius 1 is 1.41 bits per heavy atom. The smallest absolute Gasteiger partial charge is 0.274 e. The highest BCUT2D eigenvalue weighted by atomic mass is 32.2. The Morgan fingerprint density at radius 2 is 2.17 bits per heavy atom. The van der Waals surface area contributed by atoms with Crippen LogP contribution in [0, 0.1) is 19.8 Å². The van der Waals surface area contributed by atoms with Crippen LogP contribution in [0.2, 0.25) is 0 Å². The van der Waals surface area contributed by atoms with Crippen molar-refractivity contribution >= 4 is 15.9 Å². The molecule has 0 bridgehead atoms. The van der Waals surface area contributed by atoms with Gasteiger partial charge in [-0.3, -0.25) is 9.48 Å². The summed E-state index contributed by atoms with van der Waals surface area (Å²) in [5.74, 6) is 0.927. The first-order valence-corrected chi connectivity index (χ1v) is 11.4. The Labute approximate surface area is 169 Å². The number of hydrogen-bond donors (Lipinski definition) is 1. The minimum absolute atomic E-state index is 0.0284. The molecule has 29 heavy (non-hydrogen) atoms. The fourth-order valence-corrected chi connectivity index (χ4v) is 5.46. The zero-order valence-corrected chi connectivity index (χ0v) is 17.9. The van der Waals surface area contributed by atoms with E-state index in [1.807, 2.05) is 6.92 Å². The second-order valence-electron chi connectivity index (χ2n) is 8.14. The van der Waals surface area contributed by atoms with Crippen LogP contribution >= 0.6 is 0 Å². The van der Waals surface area contributed by atoms with E-state index in [1.54, 1.807) is 36.5 Å². The van der Waals surface area contributed by atoms with E-state index in [4.69, 9.17) is 4.52 Å². The highest BCUT2D eigenvalue weighted by molar-refractivity contribution is 7.89. The first-order valence-electron chi connectivity index (χ1n) is 9.74. The topological polar surface area (TPSA) is 123 Å². The fourth-order valence-electron chi connectivity index (χ4n) is 4.61. The van der Waals surface area contributed by atoms with Crippen molar-refractivity contribution in [2.75, 3.05) is 18.8 Å². The molecule has 1 aliphatic carbocycles. The summed E-state index contributed by atoms with van der Waals surface area (Å²) >= 11 is 0. The van der Waals surface area contributed by atoms with Crippen LogP contribution in [0.25, 0.3) is 0 Å². The quantitative estimate of drug-likeness (QED) is 0.745. The van der Waals surface area contributed by atoms with Gasteiger partial charge in [0.25, 0.3) is 5.91 Å². The summed E-state index contributed by atoms with van der Waals surface area (Å²) in [6, 6.07) is 1.56. The van der Waals surface area contributed by atoms with E-state index in [-0.39, 0.29) is 23.6 Å². The first-order chi connectivity index (χ1) is 13.6. The van der Waals surface area contributed by atoms with Crippen LogP contribution in [0.4, 0.5) is 0 Å². The molecule has 1 N–H and O–H groups in total. The summed E-state index contributed by atoms with van der Waals surface area (Å²) in [5.41, 5.74) is 0.760. The van der Waals surface area contributed by atoms with E-state index < -0.39 is 15.4 Å². The van der Waals surface area contributed by atoms with Crippen LogP contribution in [0.5, 0.6) is 0 Å². The van der Waals surface area contributed by atoms with Crippen molar-refractivity contribution in [3.8, 4) is 0 Å². The molecular formula is C18H26N6O4S. The third kappa shape index (κ3) is 3.46. The number of sulfonamides is 1. The third-order valence-electron chi connectivity index (χ3n) is 6.17. The Morgan fingerprint density at radius 3 is 2.76 bits per heavy atom. The highest BCUT2D eigenvalue weighted by Crippen LogP contribution is 2.50. The van der Waals surface area contributed by atoms with Crippen molar-refractivity contribution in [3.63, 3.8) is 0 Å². The number of aromatic nitrogens is 4. The normalized spacial score (nSPS) is 26.8. The zero-order chi connectivity index (χ0) is 21.0. The summed E-state index contributed by atoms with van der Waals surface area (Å²) in [5, 5.41) is 8.24. The van der Waals surface area contributed by atoms with Gasteiger partial charge in [0.05, 0.1) is 11.2 Å². The Balaban J connectivity index is 1.62. The van der Waals surface area contributed by atoms with Gasteiger partial charge in [0, 0.05) is 31.9 Å². The maximum Gasteiger partial charge on any atom is 0.274 e. The van der Waals surface area contributed by atoms with Crippen molar-refractivity contribution < 1.29 is 17.7 Å². The second-order valence-corrected chi connectivity index (χ2v) is 10.2. The van der Waals surface area contributed by atoms with Gasteiger partial charge < -0.3 is 9.42 Å². The molecule has 1 aliphatic heterocycles. The molecule has 0 radical (unpaired) electrons. The predicted molar refractivity (Wildman–Crippen MR) is 104 cm³/mol. The molecule has 11 heteroatoms. The van der Waals surface area contributed by atoms with Gasteiger partial charge in [0.1, 0.15) is 0 Å². The molecule has 2 aromatic heterocycles. The van der Waals surface area contributed by atoms with Crippen LogP contribution in [0.1, 0.15) is 47.7 Å². The summed E-state index contributed by atoms with van der Waals surface area (Å²) in [6.07, 6.45) is 1.13. The number of carbonyl (C=O) groups excluding carboxylic acids is 1. The molecule has 1 amide bonds. The molecule has 3 atom stereocenters. The minimum Gasteiger partial charge on any atom is -0.339 e. The number of nitrogens with one attached hydrogen (secondary N) is 1. The molecule has 0 spiro atoms. The van der Waals surface area contributed by atoms with E-state index in [9.17, 15) is 13.2 Å². The monoisotopic (exact) mass is 422 g/mol. The maximum absolute atomic E-state index is 13.1. The molecule has 2 aliphatic rings. The summed E-state index contributed by atoms with van der Waals surface area (Å²) < 4.78 is 34.1. The van der Waals surface area contributed by atoms with E-state index in [0.717, 1.165) is 5.69 Å². The molecule has 1 unspecified atom stereocenters. The van der Waals surface area contributed by atoms with Crippen molar-refractivity contribution in [3.05, 3.63) is 29.2 Å². The molecule has 10 nitrogen and oxygen atoms in total. The van der Waals surface area contributed by atoms with Crippen molar-refractivity contribution in [1.82, 2.24) is 29.5 Å². The molecule has 0 aromatic carbocycles. The van der Waals surface area contributed by atoms with Gasteiger partial charge in [-0.25, -0.2) is 13.1 Å². The number of hydrogen-bond acceptors (Lipinski definition) is 7. The van der Waals surface area contributed by atoms with Crippen LogP contribution in [0.15, 0.2) is 10.6 Å². The average Bonchev–Trinajstić information content (AvgIpc) is 3.38. The summed E-state index contributed by atoms with van der Waals surface area (Å²) in [6.45, 7) is 6.16. The Kier molecular flexibility index (Phi) is 4.77. The number of aryl methyl sites for hydroxylation is 3. The number of nitrogens with zero attached hydrogens (tertiary/aromatic N) is 5. The van der Waals surface area contributed by atoms with E-state index in [1.165, 1.54) is 0 Å². The number of rotatable bonds is 5. The van der Waals surface area contributed by atoms with Crippen LogP contribution < -0.4 is 4.72 Å². The number of likely N-dealkylation sites (tertiary alicyclic amines) is 1. The number of amides is 1. The van der Waals surface area contributed by atoms with Crippen molar-refractivity contribution in [1.29, 1.82) is 0 Å². The SMILES string of the molecule is CCS(=O)(=O)N[C@@H]1CC2CN(C(=O)c3cc(C)n(C)n3)C[C@@]2(c2nc(C)no2)C1. The highest BCUT2D eigenvalue weighted by Gasteiger charge is 2.58. The van der Waals surface area contributed by atoms with Crippen molar-refractivity contribution in [2.45, 2.75) is 45.1 Å². The molecule has 2 aromatic rings. The predicted octanol–water partition coefficient (Wildman–Crippen LogP) is 0.532. The molecule has 2 fully saturated rings. The standard InChI is InChI=1S/C18H26N6O4S/c1-5-29(26,27)22-14-7-13-9-24(16(25)15-6-11(2)23(4)20-15)10-18(13,8-14)17-19-12(3)21-28-17/h6,13-14,22H,5,7-10H2,1-4H3/t13?,14-,18+/m1/s1. The zero-order valence-electron chi connectivity index (χ0n) is 17.0. The first kappa shape index (κ1) is 20.0. The number of fused-ring (bicyclic) bond motifs is 1. The molecular weight excluding hydrogens is 396 g/mol. The molecule has 1 saturated carbocycles. The van der Waals surface area contributed by atoms with Gasteiger partial charge in [0.15, 0.2) is 11.5 Å². The summed E-state index contributed by atoms with van der Waals surface area (Å²) in [7, 11) is -1.52. The van der Waals surface area contributed by atoms with E-state index >= 15 is 0 Å². The van der Waals surface area contributed by atoms with Gasteiger partial charge in [-0.2, -0.15) is 10.1 Å². The van der Waals surface area contributed by atoms with Gasteiger partial charge in [-0.1, -0.05) is 5.16 Å².